The van der Waals surface area contributed by atoms with Crippen molar-refractivity contribution in [3.05, 3.63) is 71.8 Å². The average molecular weight is 299 g/mol. The molecule has 104 valence electrons. The van der Waals surface area contributed by atoms with Gasteiger partial charge in [-0.1, -0.05) is 60.7 Å². The molecule has 4 heteroatoms. The molecule has 0 amide bonds. The fourth-order valence-corrected chi connectivity index (χ4v) is 2.24. The van der Waals surface area contributed by atoms with Crippen molar-refractivity contribution in [1.82, 2.24) is 5.32 Å². The number of hydrogen-bond donors (Lipinski definition) is 2. The lowest BCUT2D eigenvalue weighted by Crippen LogP contribution is -2.47. The molecule has 0 aliphatic heterocycles. The topological polar surface area (TPSA) is 38.0 Å². The van der Waals surface area contributed by atoms with Gasteiger partial charge in [0, 0.05) is 6.54 Å². The van der Waals surface area contributed by atoms with E-state index in [2.05, 4.69) is 29.6 Å². The zero-order valence-electron chi connectivity index (χ0n) is 10.9. The van der Waals surface area contributed by atoms with E-state index in [-0.39, 0.29) is 30.4 Å². The summed E-state index contributed by atoms with van der Waals surface area (Å²) >= 11 is 0. The number of nitrogens with two attached hydrogens (primary N) is 1. The first-order valence-electron chi connectivity index (χ1n) is 5.83. The molecule has 3 N–H and O–H groups in total. The van der Waals surface area contributed by atoms with Crippen LogP contribution in [0.5, 0.6) is 0 Å². The molecular formula is C15H20Cl2N2. The fraction of sp³-hybridized carbons (Fsp3) is 0.200. The highest BCUT2D eigenvalue weighted by Crippen LogP contribution is 2.27. The van der Waals surface area contributed by atoms with E-state index in [1.54, 1.807) is 0 Å². The summed E-state index contributed by atoms with van der Waals surface area (Å²) in [5.41, 5.74) is 8.10. The molecule has 0 unspecified atom stereocenters. The van der Waals surface area contributed by atoms with Crippen LogP contribution in [0.25, 0.3) is 0 Å². The number of nitrogens with one attached hydrogen (secondary N) is 1. The zero-order chi connectivity index (χ0) is 12.1. The first kappa shape index (κ1) is 17.9. The molecule has 0 aliphatic rings. The number of likely N-dealkylation sites (N-methyl/N-ethyl adjacent to an activating group) is 1. The van der Waals surface area contributed by atoms with E-state index in [1.807, 2.05) is 43.4 Å². The number of benzene rings is 2. The van der Waals surface area contributed by atoms with Crippen LogP contribution in [0.1, 0.15) is 11.1 Å². The smallest absolute Gasteiger partial charge is 0.0812 e. The molecule has 0 bridgehead atoms. The summed E-state index contributed by atoms with van der Waals surface area (Å²) in [6.07, 6.45) is 0. The molecule has 0 heterocycles. The summed E-state index contributed by atoms with van der Waals surface area (Å²) in [7, 11) is 1.95. The predicted octanol–water partition coefficient (Wildman–Crippen LogP) is 2.95. The molecule has 0 atom stereocenters. The lowest BCUT2D eigenvalue weighted by atomic mass is 9.83. The molecule has 2 aromatic carbocycles. The number of hydrogen-bond acceptors (Lipinski definition) is 2. The summed E-state index contributed by atoms with van der Waals surface area (Å²) in [5, 5.41) is 3.37. The van der Waals surface area contributed by atoms with Crippen LogP contribution in [0.15, 0.2) is 60.7 Å². The Morgan fingerprint density at radius 1 is 0.842 bits per heavy atom. The van der Waals surface area contributed by atoms with Gasteiger partial charge in [-0.3, -0.25) is 0 Å². The van der Waals surface area contributed by atoms with Crippen LogP contribution in [0, 0.1) is 0 Å². The Morgan fingerprint density at radius 3 is 1.47 bits per heavy atom. The summed E-state index contributed by atoms with van der Waals surface area (Å²) in [5.74, 6) is 0. The van der Waals surface area contributed by atoms with Crippen molar-refractivity contribution in [3.63, 3.8) is 0 Å². The van der Waals surface area contributed by atoms with Gasteiger partial charge in [-0.05, 0) is 18.2 Å². The standard InChI is InChI=1S/C15H18N2.2ClH/c1-17-15(12-16,13-8-4-2-5-9-13)14-10-6-3-7-11-14;;/h2-11,17H,12,16H2,1H3;2*1H. The van der Waals surface area contributed by atoms with Crippen molar-refractivity contribution in [2.24, 2.45) is 5.73 Å². The van der Waals surface area contributed by atoms with E-state index in [9.17, 15) is 0 Å². The minimum Gasteiger partial charge on any atom is -0.328 e. The normalized spacial score (nSPS) is 10.2. The van der Waals surface area contributed by atoms with E-state index in [0.29, 0.717) is 6.54 Å². The quantitative estimate of drug-likeness (QED) is 0.911. The summed E-state index contributed by atoms with van der Waals surface area (Å²) in [4.78, 5) is 0. The lowest BCUT2D eigenvalue weighted by molar-refractivity contribution is 0.449. The number of rotatable bonds is 4. The van der Waals surface area contributed by atoms with Crippen molar-refractivity contribution < 1.29 is 0 Å². The average Bonchev–Trinajstić information content (AvgIpc) is 2.43. The Kier molecular flexibility index (Phi) is 7.72. The van der Waals surface area contributed by atoms with Crippen LogP contribution in [-0.4, -0.2) is 13.6 Å². The van der Waals surface area contributed by atoms with Gasteiger partial charge in [-0.2, -0.15) is 0 Å². The Balaban J connectivity index is 0.00000162. The van der Waals surface area contributed by atoms with Gasteiger partial charge in [0.2, 0.25) is 0 Å². The Labute approximate surface area is 127 Å². The lowest BCUT2D eigenvalue weighted by Gasteiger charge is -2.33. The summed E-state index contributed by atoms with van der Waals surface area (Å²) < 4.78 is 0. The van der Waals surface area contributed by atoms with Gasteiger partial charge < -0.3 is 11.1 Å². The highest BCUT2D eigenvalue weighted by Gasteiger charge is 2.30. The van der Waals surface area contributed by atoms with E-state index in [4.69, 9.17) is 5.73 Å². The molecule has 0 saturated carbocycles. The molecule has 0 fully saturated rings. The van der Waals surface area contributed by atoms with Gasteiger partial charge in [-0.25, -0.2) is 0 Å². The molecular weight excluding hydrogens is 279 g/mol. The Morgan fingerprint density at radius 2 is 1.21 bits per heavy atom. The van der Waals surface area contributed by atoms with Crippen molar-refractivity contribution in [1.29, 1.82) is 0 Å². The second-order valence-electron chi connectivity index (χ2n) is 4.09. The maximum Gasteiger partial charge on any atom is 0.0812 e. The van der Waals surface area contributed by atoms with Gasteiger partial charge in [0.15, 0.2) is 0 Å². The van der Waals surface area contributed by atoms with E-state index in [0.717, 1.165) is 0 Å². The van der Waals surface area contributed by atoms with Gasteiger partial charge in [0.1, 0.15) is 0 Å². The molecule has 2 nitrogen and oxygen atoms in total. The first-order valence-corrected chi connectivity index (χ1v) is 5.83. The van der Waals surface area contributed by atoms with Crippen molar-refractivity contribution in [3.8, 4) is 0 Å². The molecule has 0 radical (unpaired) electrons. The molecule has 0 saturated heterocycles. The van der Waals surface area contributed by atoms with E-state index < -0.39 is 0 Å². The van der Waals surface area contributed by atoms with Gasteiger partial charge in [0.05, 0.1) is 5.54 Å². The van der Waals surface area contributed by atoms with Crippen LogP contribution < -0.4 is 11.1 Å². The Bertz CT molecular complexity index is 415. The largest absolute Gasteiger partial charge is 0.328 e. The van der Waals surface area contributed by atoms with Gasteiger partial charge in [0.25, 0.3) is 0 Å². The SMILES string of the molecule is CNC(CN)(c1ccccc1)c1ccccc1.Cl.Cl. The molecule has 0 spiro atoms. The van der Waals surface area contributed by atoms with Crippen LogP contribution in [0.2, 0.25) is 0 Å². The second-order valence-corrected chi connectivity index (χ2v) is 4.09. The molecule has 0 aliphatic carbocycles. The van der Waals surface area contributed by atoms with E-state index in [1.165, 1.54) is 11.1 Å². The maximum atomic E-state index is 6.02. The van der Waals surface area contributed by atoms with Gasteiger partial charge in [-0.15, -0.1) is 24.8 Å². The van der Waals surface area contributed by atoms with E-state index >= 15 is 0 Å². The Hall–Kier alpha value is -1.06. The zero-order valence-corrected chi connectivity index (χ0v) is 12.5. The summed E-state index contributed by atoms with van der Waals surface area (Å²) in [6.45, 7) is 0.525. The van der Waals surface area contributed by atoms with Crippen molar-refractivity contribution in [2.75, 3.05) is 13.6 Å². The maximum absolute atomic E-state index is 6.02. The minimum absolute atomic E-state index is 0. The fourth-order valence-electron chi connectivity index (χ4n) is 2.24. The van der Waals surface area contributed by atoms with Crippen LogP contribution in [0.3, 0.4) is 0 Å². The first-order chi connectivity index (χ1) is 8.33. The minimum atomic E-state index is -0.303. The molecule has 0 aromatic heterocycles. The molecule has 19 heavy (non-hydrogen) atoms. The number of halogens is 2. The van der Waals surface area contributed by atoms with Crippen molar-refractivity contribution >= 4 is 24.8 Å². The van der Waals surface area contributed by atoms with Crippen LogP contribution in [0.4, 0.5) is 0 Å². The summed E-state index contributed by atoms with van der Waals surface area (Å²) in [6, 6.07) is 20.6. The monoisotopic (exact) mass is 298 g/mol. The van der Waals surface area contributed by atoms with Crippen LogP contribution >= 0.6 is 24.8 Å². The van der Waals surface area contributed by atoms with Crippen molar-refractivity contribution in [2.45, 2.75) is 5.54 Å². The second kappa shape index (κ2) is 8.18. The highest BCUT2D eigenvalue weighted by molar-refractivity contribution is 5.85. The third-order valence-corrected chi connectivity index (χ3v) is 3.27. The van der Waals surface area contributed by atoms with Gasteiger partial charge >= 0.3 is 0 Å². The predicted molar refractivity (Wildman–Crippen MR) is 86.3 cm³/mol. The van der Waals surface area contributed by atoms with Crippen LogP contribution in [-0.2, 0) is 5.54 Å². The highest BCUT2D eigenvalue weighted by atomic mass is 35.5. The third-order valence-electron chi connectivity index (χ3n) is 3.27. The molecule has 2 aromatic rings. The molecule has 2 rings (SSSR count). The third kappa shape index (κ3) is 3.48.